The second-order valence-electron chi connectivity index (χ2n) is 4.27. The molecule has 0 heterocycles. The number of benzene rings is 2. The first-order valence-electron chi connectivity index (χ1n) is 6.30. The lowest BCUT2D eigenvalue weighted by Gasteiger charge is -2.12. The van der Waals surface area contributed by atoms with Crippen LogP contribution in [0.25, 0.3) is 0 Å². The van der Waals surface area contributed by atoms with Crippen molar-refractivity contribution in [3.8, 4) is 0 Å². The fourth-order valence-corrected chi connectivity index (χ4v) is 2.37. The van der Waals surface area contributed by atoms with Crippen LogP contribution >= 0.6 is 22.6 Å². The average molecular weight is 400 g/mol. The van der Waals surface area contributed by atoms with Crippen LogP contribution in [0.2, 0.25) is 0 Å². The van der Waals surface area contributed by atoms with Gasteiger partial charge in [-0.25, -0.2) is 9.18 Å². The minimum Gasteiger partial charge on any atom is -0.462 e. The molecule has 6 heteroatoms. The van der Waals surface area contributed by atoms with E-state index in [1.807, 2.05) is 22.6 Å². The summed E-state index contributed by atoms with van der Waals surface area (Å²) < 4.78 is 18.7. The Balaban J connectivity index is 2.23. The lowest BCUT2D eigenvalue weighted by atomic mass is 10.1. The largest absolute Gasteiger partial charge is 0.462 e. The van der Waals surface area contributed by atoms with Gasteiger partial charge in [-0.05, 0) is 65.9 Å². The van der Waals surface area contributed by atoms with Crippen LogP contribution in [0.5, 0.6) is 0 Å². The second kappa shape index (κ2) is 6.75. The van der Waals surface area contributed by atoms with Gasteiger partial charge in [0.2, 0.25) is 0 Å². The summed E-state index contributed by atoms with van der Waals surface area (Å²) in [6.45, 7) is 2.06. The van der Waals surface area contributed by atoms with Gasteiger partial charge >= 0.3 is 5.97 Å². The van der Waals surface area contributed by atoms with Crippen molar-refractivity contribution in [1.29, 1.82) is 0 Å². The predicted octanol–water partition coefficient (Wildman–Crippen LogP) is 3.93. The highest BCUT2D eigenvalue weighted by Gasteiger charge is 2.10. The Morgan fingerprint density at radius 3 is 2.62 bits per heavy atom. The molecular formula is C15H14FIN2O2. The smallest absolute Gasteiger partial charge is 0.338 e. The molecule has 0 saturated carbocycles. The summed E-state index contributed by atoms with van der Waals surface area (Å²) >= 11 is 2.04. The van der Waals surface area contributed by atoms with Gasteiger partial charge in [0.1, 0.15) is 5.82 Å². The van der Waals surface area contributed by atoms with Crippen LogP contribution in [0.15, 0.2) is 36.4 Å². The number of rotatable bonds is 4. The van der Waals surface area contributed by atoms with E-state index in [4.69, 9.17) is 10.5 Å². The van der Waals surface area contributed by atoms with Crippen LogP contribution < -0.4 is 11.1 Å². The molecule has 2 rings (SSSR count). The molecule has 21 heavy (non-hydrogen) atoms. The number of hydrogen-bond acceptors (Lipinski definition) is 4. The molecule has 110 valence electrons. The second-order valence-corrected chi connectivity index (χ2v) is 5.43. The maximum atomic E-state index is 13.1. The van der Waals surface area contributed by atoms with E-state index in [1.165, 1.54) is 12.1 Å². The van der Waals surface area contributed by atoms with E-state index in [0.29, 0.717) is 23.5 Å². The van der Waals surface area contributed by atoms with Crippen molar-refractivity contribution in [3.05, 3.63) is 51.3 Å². The van der Waals surface area contributed by atoms with Crippen molar-refractivity contribution < 1.29 is 13.9 Å². The summed E-state index contributed by atoms with van der Waals surface area (Å²) in [4.78, 5) is 11.6. The molecule has 0 radical (unpaired) electrons. The number of carbonyl (C=O) groups is 1. The van der Waals surface area contributed by atoms with Gasteiger partial charge in [-0.3, -0.25) is 0 Å². The van der Waals surface area contributed by atoms with Crippen LogP contribution in [0.4, 0.5) is 21.5 Å². The predicted molar refractivity (Wildman–Crippen MR) is 89.2 cm³/mol. The van der Waals surface area contributed by atoms with Gasteiger partial charge < -0.3 is 15.8 Å². The van der Waals surface area contributed by atoms with Crippen molar-refractivity contribution in [2.24, 2.45) is 0 Å². The third-order valence-electron chi connectivity index (χ3n) is 2.76. The molecule has 0 aliphatic carbocycles. The molecular weight excluding hydrogens is 386 g/mol. The van der Waals surface area contributed by atoms with Gasteiger partial charge in [-0.15, -0.1) is 0 Å². The van der Waals surface area contributed by atoms with Crippen LogP contribution in [0.3, 0.4) is 0 Å². The fourth-order valence-electron chi connectivity index (χ4n) is 1.75. The van der Waals surface area contributed by atoms with Crippen molar-refractivity contribution in [2.45, 2.75) is 6.92 Å². The van der Waals surface area contributed by atoms with Gasteiger partial charge in [0, 0.05) is 3.57 Å². The SMILES string of the molecule is CCOC(=O)c1ccc(Nc2ccc(F)cc2I)c(N)c1. The van der Waals surface area contributed by atoms with Gasteiger partial charge in [-0.2, -0.15) is 0 Å². The maximum Gasteiger partial charge on any atom is 0.338 e. The van der Waals surface area contributed by atoms with Gasteiger partial charge in [0.15, 0.2) is 0 Å². The van der Waals surface area contributed by atoms with Crippen molar-refractivity contribution >= 4 is 45.6 Å². The number of nitrogen functional groups attached to an aromatic ring is 1. The molecule has 0 spiro atoms. The van der Waals surface area contributed by atoms with Crippen LogP contribution in [0, 0.1) is 9.39 Å². The fraction of sp³-hybridized carbons (Fsp3) is 0.133. The molecule has 4 nitrogen and oxygen atoms in total. The van der Waals surface area contributed by atoms with Crippen molar-refractivity contribution in [1.82, 2.24) is 0 Å². The Kier molecular flexibility index (Phi) is 5.00. The Hall–Kier alpha value is -1.83. The minimum atomic E-state index is -0.410. The van der Waals surface area contributed by atoms with Crippen LogP contribution in [-0.4, -0.2) is 12.6 Å². The lowest BCUT2D eigenvalue weighted by molar-refractivity contribution is 0.0526. The first-order valence-corrected chi connectivity index (χ1v) is 7.38. The number of ether oxygens (including phenoxy) is 1. The zero-order valence-corrected chi connectivity index (χ0v) is 13.5. The van der Waals surface area contributed by atoms with E-state index in [9.17, 15) is 9.18 Å². The summed E-state index contributed by atoms with van der Waals surface area (Å²) in [6.07, 6.45) is 0. The Morgan fingerprint density at radius 2 is 2.00 bits per heavy atom. The zero-order valence-electron chi connectivity index (χ0n) is 11.3. The van der Waals surface area contributed by atoms with Crippen molar-refractivity contribution in [3.63, 3.8) is 0 Å². The molecule has 0 atom stereocenters. The molecule has 0 saturated heterocycles. The number of halogens is 2. The minimum absolute atomic E-state index is 0.296. The molecule has 0 amide bonds. The third-order valence-corrected chi connectivity index (χ3v) is 3.66. The quantitative estimate of drug-likeness (QED) is 0.464. The molecule has 0 aliphatic heterocycles. The summed E-state index contributed by atoms with van der Waals surface area (Å²) in [5.74, 6) is -0.706. The Labute approximate surface area is 135 Å². The maximum absolute atomic E-state index is 13.1. The van der Waals surface area contributed by atoms with Crippen LogP contribution in [-0.2, 0) is 4.74 Å². The van der Waals surface area contributed by atoms with Gasteiger partial charge in [0.05, 0.1) is 29.2 Å². The van der Waals surface area contributed by atoms with E-state index in [0.717, 1.165) is 9.26 Å². The molecule has 2 aromatic rings. The standard InChI is InChI=1S/C15H14FIN2O2/c1-2-21-15(20)9-3-5-14(12(18)7-9)19-13-6-4-10(16)8-11(13)17/h3-8,19H,2,18H2,1H3. The number of nitrogens with one attached hydrogen (secondary N) is 1. The number of hydrogen-bond donors (Lipinski definition) is 2. The summed E-state index contributed by atoms with van der Waals surface area (Å²) in [5, 5.41) is 3.11. The Bertz CT molecular complexity index is 677. The topological polar surface area (TPSA) is 64.3 Å². The third kappa shape index (κ3) is 3.84. The zero-order chi connectivity index (χ0) is 15.4. The summed E-state index contributed by atoms with van der Waals surface area (Å²) in [5.41, 5.74) is 8.14. The molecule has 0 aromatic heterocycles. The molecule has 3 N–H and O–H groups in total. The molecule has 0 fully saturated rings. The van der Waals surface area contributed by atoms with Gasteiger partial charge in [-0.1, -0.05) is 0 Å². The lowest BCUT2D eigenvalue weighted by Crippen LogP contribution is -2.06. The highest BCUT2D eigenvalue weighted by Crippen LogP contribution is 2.27. The van der Waals surface area contributed by atoms with E-state index in [-0.39, 0.29) is 5.82 Å². The average Bonchev–Trinajstić information content (AvgIpc) is 2.44. The van der Waals surface area contributed by atoms with E-state index in [2.05, 4.69) is 5.32 Å². The molecule has 0 unspecified atom stereocenters. The first-order chi connectivity index (χ1) is 10.0. The molecule has 2 aromatic carbocycles. The highest BCUT2D eigenvalue weighted by atomic mass is 127. The Morgan fingerprint density at radius 1 is 1.29 bits per heavy atom. The number of anilines is 3. The number of esters is 1. The first kappa shape index (κ1) is 15.6. The van der Waals surface area contributed by atoms with E-state index >= 15 is 0 Å². The normalized spacial score (nSPS) is 10.2. The molecule has 0 aliphatic rings. The van der Waals surface area contributed by atoms with E-state index < -0.39 is 5.97 Å². The molecule has 0 bridgehead atoms. The van der Waals surface area contributed by atoms with Crippen LogP contribution in [0.1, 0.15) is 17.3 Å². The summed E-state index contributed by atoms with van der Waals surface area (Å²) in [7, 11) is 0. The number of nitrogens with two attached hydrogens (primary N) is 1. The highest BCUT2D eigenvalue weighted by molar-refractivity contribution is 14.1. The van der Waals surface area contributed by atoms with Gasteiger partial charge in [0.25, 0.3) is 0 Å². The monoisotopic (exact) mass is 400 g/mol. The van der Waals surface area contributed by atoms with Crippen molar-refractivity contribution in [2.75, 3.05) is 17.7 Å². The number of carbonyl (C=O) groups excluding carboxylic acids is 1. The summed E-state index contributed by atoms with van der Waals surface area (Å²) in [6, 6.07) is 9.31. The van der Waals surface area contributed by atoms with E-state index in [1.54, 1.807) is 31.2 Å².